The second-order valence-electron chi connectivity index (χ2n) is 17.6. The van der Waals surface area contributed by atoms with Crippen LogP contribution in [0.1, 0.15) is 0 Å². The van der Waals surface area contributed by atoms with Gasteiger partial charge in [0.15, 0.2) is 0 Å². The number of hydrogen-bond acceptors (Lipinski definition) is 0. The monoisotopic (exact) mass is 370 g/mol. The van der Waals surface area contributed by atoms with E-state index < -0.39 is 34.1 Å². The Bertz CT molecular complexity index is 474. The van der Waals surface area contributed by atoms with Gasteiger partial charge in [-0.05, 0) is 0 Å². The molecule has 0 saturated carbocycles. The van der Waals surface area contributed by atoms with Gasteiger partial charge in [-0.25, -0.2) is 0 Å². The Hall–Kier alpha value is 0.700. The molecule has 22 heavy (non-hydrogen) atoms. The summed E-state index contributed by atoms with van der Waals surface area (Å²) in [6, 6.07) is 0. The van der Waals surface area contributed by atoms with Crippen molar-refractivity contribution in [2.24, 2.45) is 0 Å². The molecule has 0 heterocycles. The van der Waals surface area contributed by atoms with Gasteiger partial charge in [-0.3, -0.25) is 0 Å². The van der Waals surface area contributed by atoms with Crippen LogP contribution in [0.15, 0.2) is 48.6 Å². The number of allylic oxidation sites excluding steroid dienone is 8. The standard InChI is InChI=1S/2C5H5.10CH3.2Sc/c2*1-2-4-5-3-1;;;;;;;;;;;;/h2*1-5H;10*1H3;;. The van der Waals surface area contributed by atoms with Gasteiger partial charge in [0.1, 0.15) is 0 Å². The van der Waals surface area contributed by atoms with Crippen LogP contribution in [0.4, 0.5) is 0 Å². The average Bonchev–Trinajstić information content (AvgIpc) is 2.86. The summed E-state index contributed by atoms with van der Waals surface area (Å²) in [6.45, 7) is 0. The molecule has 0 bridgehead atoms. The van der Waals surface area contributed by atoms with Crippen LogP contribution in [-0.4, -0.2) is 0 Å². The first-order chi connectivity index (χ1) is 9.19. The van der Waals surface area contributed by atoms with Gasteiger partial charge in [-0.15, -0.1) is 0 Å². The van der Waals surface area contributed by atoms with Crippen LogP contribution in [0.3, 0.4) is 0 Å². The fourth-order valence-corrected chi connectivity index (χ4v) is 10.9. The summed E-state index contributed by atoms with van der Waals surface area (Å²) in [5, 5.41) is 0. The van der Waals surface area contributed by atoms with Crippen molar-refractivity contribution in [2.75, 3.05) is 0 Å². The fourth-order valence-electron chi connectivity index (χ4n) is 3.12. The summed E-state index contributed by atoms with van der Waals surface area (Å²) in [6.07, 6.45) is 18.1. The van der Waals surface area contributed by atoms with E-state index in [1.807, 2.05) is 0 Å². The van der Waals surface area contributed by atoms with Gasteiger partial charge >= 0.3 is 137 Å². The third-order valence-corrected chi connectivity index (χ3v) is 18.8. The van der Waals surface area contributed by atoms with E-state index in [1.165, 1.54) is 0 Å². The first-order valence-electron chi connectivity index (χ1n) is 9.77. The van der Waals surface area contributed by atoms with Crippen molar-refractivity contribution in [1.82, 2.24) is 0 Å². The summed E-state index contributed by atoms with van der Waals surface area (Å²) in [5.41, 5.74) is 0. The van der Waals surface area contributed by atoms with E-state index in [0.717, 1.165) is 7.35 Å². The van der Waals surface area contributed by atoms with Gasteiger partial charge in [-0.2, -0.15) is 0 Å². The van der Waals surface area contributed by atoms with Crippen molar-refractivity contribution >= 4 is 0 Å². The van der Waals surface area contributed by atoms with E-state index in [9.17, 15) is 0 Å². The van der Waals surface area contributed by atoms with E-state index in [1.54, 1.807) is 0 Å². The van der Waals surface area contributed by atoms with Crippen LogP contribution < -0.4 is 0 Å². The van der Waals surface area contributed by atoms with Crippen molar-refractivity contribution in [3.8, 4) is 0 Å². The van der Waals surface area contributed by atoms with Crippen molar-refractivity contribution in [3.63, 3.8) is 0 Å². The molecule has 2 aliphatic rings. The normalized spacial score (nSPS) is 25.2. The maximum absolute atomic E-state index is 2.70. The maximum atomic E-state index is 2.50. The third kappa shape index (κ3) is 6.67. The zero-order chi connectivity index (χ0) is 17.6. The van der Waals surface area contributed by atoms with Gasteiger partial charge in [0.2, 0.25) is 0 Å². The fraction of sp³-hybridized carbons (Fsp3) is 0.600. The molecule has 0 aromatic rings. The zero-order valence-electron chi connectivity index (χ0n) is 16.9. The second kappa shape index (κ2) is 4.65. The van der Waals surface area contributed by atoms with E-state index in [-0.39, 0.29) is 0 Å². The molecule has 0 aliphatic heterocycles. The van der Waals surface area contributed by atoms with E-state index in [0.29, 0.717) is 0 Å². The zero-order valence-corrected chi connectivity index (χ0v) is 20.5. The molecule has 0 nitrogen and oxygen atoms in total. The Kier molecular flexibility index (Phi) is 4.39. The van der Waals surface area contributed by atoms with Crippen LogP contribution in [-0.2, 0) is 34.1 Å². The third-order valence-electron chi connectivity index (χ3n) is 5.40. The predicted molar refractivity (Wildman–Crippen MR) is 103 cm³/mol. The molecule has 0 amide bonds. The minimum atomic E-state index is -2.70. The first-order valence-corrected chi connectivity index (χ1v) is 29.9. The van der Waals surface area contributed by atoms with Gasteiger partial charge in [0.25, 0.3) is 0 Å². The first kappa shape index (κ1) is 20.7. The van der Waals surface area contributed by atoms with Gasteiger partial charge in [0, 0.05) is 0 Å². The number of rotatable bonds is 2. The molecule has 0 radical (unpaired) electrons. The van der Waals surface area contributed by atoms with Gasteiger partial charge < -0.3 is 0 Å². The molecule has 0 atom stereocenters. The Balaban J connectivity index is 0.000000220. The van der Waals surface area contributed by atoms with Gasteiger partial charge in [0.05, 0.1) is 0 Å². The van der Waals surface area contributed by atoms with Crippen molar-refractivity contribution in [2.45, 2.75) is 54.2 Å². The Morgan fingerprint density at radius 3 is 0.682 bits per heavy atom. The summed E-state index contributed by atoms with van der Waals surface area (Å²) in [5.74, 6) is 0. The van der Waals surface area contributed by atoms with Crippen LogP contribution in [0.25, 0.3) is 0 Å². The molecular weight excluding hydrogens is 330 g/mol. The molecule has 0 saturated heterocycles. The molecule has 2 heteroatoms. The molecule has 0 unspecified atom stereocenters. The van der Waals surface area contributed by atoms with E-state index in [2.05, 4.69) is 95.4 Å². The summed E-state index contributed by atoms with van der Waals surface area (Å²) in [7, 11) is 0. The predicted octanol–water partition coefficient (Wildman–Crippen LogP) is 8.73. The van der Waals surface area contributed by atoms with Crippen LogP contribution in [0.5, 0.6) is 0 Å². The van der Waals surface area contributed by atoms with Crippen molar-refractivity contribution in [1.29, 1.82) is 0 Å². The SMILES string of the molecule is [CH3][Sc]([CH3])([CH3])([CH3])([CH3])[CH]1C=CC=C1.[CH3][Sc]([CH3])([CH3])([CH3])([CH3])[CH]1C=CC=C1. The molecular formula is C20H40Sc2. The molecule has 0 fully saturated rings. The second-order valence-corrected chi connectivity index (χ2v) is 66.5. The van der Waals surface area contributed by atoms with Crippen molar-refractivity contribution in [3.05, 3.63) is 48.6 Å². The molecule has 0 aromatic heterocycles. The molecule has 2 aliphatic carbocycles. The number of hydrogen-bond donors (Lipinski definition) is 0. The van der Waals surface area contributed by atoms with Gasteiger partial charge in [-0.1, -0.05) is 0 Å². The topological polar surface area (TPSA) is 0 Å². The summed E-state index contributed by atoms with van der Waals surface area (Å²) >= 11 is -5.39. The van der Waals surface area contributed by atoms with Crippen LogP contribution in [0, 0.1) is 0 Å². The Morgan fingerprint density at radius 1 is 0.409 bits per heavy atom. The summed E-state index contributed by atoms with van der Waals surface area (Å²) in [4.78, 5) is 0. The van der Waals surface area contributed by atoms with Crippen LogP contribution in [0.2, 0.25) is 54.2 Å². The minimum absolute atomic E-state index is 0.742. The average molecular weight is 370 g/mol. The van der Waals surface area contributed by atoms with Crippen molar-refractivity contribution < 1.29 is 34.1 Å². The Labute approximate surface area is 135 Å². The molecule has 2 rings (SSSR count). The molecule has 0 aromatic carbocycles. The van der Waals surface area contributed by atoms with E-state index >= 15 is 0 Å². The molecule has 0 N–H and O–H groups in total. The van der Waals surface area contributed by atoms with E-state index in [4.69, 9.17) is 0 Å². The summed E-state index contributed by atoms with van der Waals surface area (Å²) < 4.78 is 26.5. The quantitative estimate of drug-likeness (QED) is 0.456. The molecule has 0 spiro atoms. The Morgan fingerprint density at radius 2 is 0.591 bits per heavy atom. The van der Waals surface area contributed by atoms with Crippen LogP contribution >= 0.6 is 0 Å². The molecule has 126 valence electrons.